The van der Waals surface area contributed by atoms with Gasteiger partial charge in [0, 0.05) is 37.1 Å². The Morgan fingerprint density at radius 1 is 0.867 bits per heavy atom. The molecule has 2 aromatic carbocycles. The molecule has 2 aliphatic rings. The second-order valence-electron chi connectivity index (χ2n) is 7.10. The van der Waals surface area contributed by atoms with Gasteiger partial charge >= 0.3 is 0 Å². The van der Waals surface area contributed by atoms with E-state index in [9.17, 15) is 0 Å². The Kier molecular flexibility index (Phi) is 5.22. The number of ether oxygens (including phenoxy) is 3. The van der Waals surface area contributed by atoms with Gasteiger partial charge in [-0.3, -0.25) is 0 Å². The Morgan fingerprint density at radius 3 is 2.53 bits per heavy atom. The van der Waals surface area contributed by atoms with E-state index in [1.54, 1.807) is 6.33 Å². The van der Waals surface area contributed by atoms with Gasteiger partial charge in [-0.15, -0.1) is 0 Å². The highest BCUT2D eigenvalue weighted by molar-refractivity contribution is 5.62. The van der Waals surface area contributed by atoms with Crippen LogP contribution in [0.3, 0.4) is 0 Å². The van der Waals surface area contributed by atoms with Crippen molar-refractivity contribution in [2.45, 2.75) is 6.54 Å². The molecule has 0 spiro atoms. The van der Waals surface area contributed by atoms with Crippen molar-refractivity contribution in [2.75, 3.05) is 48.6 Å². The first-order valence-corrected chi connectivity index (χ1v) is 9.98. The summed E-state index contributed by atoms with van der Waals surface area (Å²) in [5, 5.41) is 6.66. The van der Waals surface area contributed by atoms with Crippen LogP contribution in [-0.2, 0) is 11.3 Å². The molecule has 1 fully saturated rings. The fourth-order valence-electron chi connectivity index (χ4n) is 3.49. The quantitative estimate of drug-likeness (QED) is 0.646. The molecule has 0 radical (unpaired) electrons. The van der Waals surface area contributed by atoms with Crippen molar-refractivity contribution in [1.29, 1.82) is 0 Å². The summed E-state index contributed by atoms with van der Waals surface area (Å²) in [6.07, 6.45) is 1.55. The molecule has 8 nitrogen and oxygen atoms in total. The van der Waals surface area contributed by atoms with Gasteiger partial charge in [0.1, 0.15) is 18.0 Å². The Bertz CT molecular complexity index is 1010. The number of nitrogens with zero attached hydrogens (tertiary/aromatic N) is 3. The molecule has 3 heterocycles. The molecule has 0 bridgehead atoms. The summed E-state index contributed by atoms with van der Waals surface area (Å²) >= 11 is 0. The number of benzene rings is 2. The number of morpholine rings is 1. The van der Waals surface area contributed by atoms with E-state index in [0.717, 1.165) is 60.7 Å². The minimum atomic E-state index is 0.278. The Labute approximate surface area is 174 Å². The number of anilines is 4. The van der Waals surface area contributed by atoms with Crippen molar-refractivity contribution in [3.05, 3.63) is 60.4 Å². The molecular weight excluding hydrogens is 382 g/mol. The van der Waals surface area contributed by atoms with Crippen LogP contribution in [0, 0.1) is 0 Å². The molecule has 1 aromatic heterocycles. The third-order valence-corrected chi connectivity index (χ3v) is 5.09. The molecule has 154 valence electrons. The fraction of sp³-hybridized carbons (Fsp3) is 0.273. The van der Waals surface area contributed by atoms with Gasteiger partial charge in [-0.25, -0.2) is 9.97 Å². The lowest BCUT2D eigenvalue weighted by atomic mass is 10.2. The molecular formula is C22H23N5O3. The fourth-order valence-corrected chi connectivity index (χ4v) is 3.49. The van der Waals surface area contributed by atoms with E-state index in [2.05, 4.69) is 49.8 Å². The summed E-state index contributed by atoms with van der Waals surface area (Å²) in [4.78, 5) is 11.0. The van der Waals surface area contributed by atoms with Crippen LogP contribution in [0.15, 0.2) is 54.9 Å². The number of aromatic nitrogens is 2. The summed E-state index contributed by atoms with van der Waals surface area (Å²) in [5.41, 5.74) is 3.27. The Morgan fingerprint density at radius 2 is 1.67 bits per heavy atom. The standard InChI is InChI=1S/C22H23N5O3/c1-6-19-20(30-15-29-19)11-16(1)13-23-21-12-22(25-14-24-21)26-17-2-4-18(5-3-17)27-7-9-28-10-8-27/h1-6,11-12,14H,7-10,13,15H2,(H2,23,24,25,26). The van der Waals surface area contributed by atoms with Gasteiger partial charge in [0.2, 0.25) is 6.79 Å². The summed E-state index contributed by atoms with van der Waals surface area (Å²) in [6.45, 7) is 4.32. The van der Waals surface area contributed by atoms with E-state index in [0.29, 0.717) is 6.54 Å². The Hall–Kier alpha value is -3.52. The van der Waals surface area contributed by atoms with E-state index in [-0.39, 0.29) is 6.79 Å². The van der Waals surface area contributed by atoms with Crippen molar-refractivity contribution in [1.82, 2.24) is 9.97 Å². The van der Waals surface area contributed by atoms with Gasteiger partial charge < -0.3 is 29.7 Å². The van der Waals surface area contributed by atoms with Crippen molar-refractivity contribution in [3.8, 4) is 11.5 Å². The number of fused-ring (bicyclic) bond motifs is 1. The SMILES string of the molecule is c1nc(NCc2ccc3c(c2)OCO3)cc(Nc2ccc(N3CCOCC3)cc2)n1. The normalized spacial score (nSPS) is 15.1. The average molecular weight is 405 g/mol. The molecule has 0 aliphatic carbocycles. The molecule has 3 aromatic rings. The predicted octanol–water partition coefficient (Wildman–Crippen LogP) is 3.40. The van der Waals surface area contributed by atoms with Gasteiger partial charge in [0.05, 0.1) is 13.2 Å². The third kappa shape index (κ3) is 4.23. The van der Waals surface area contributed by atoms with Crippen LogP contribution in [0.5, 0.6) is 11.5 Å². The molecule has 0 saturated carbocycles. The summed E-state index contributed by atoms with van der Waals surface area (Å²) in [7, 11) is 0. The lowest BCUT2D eigenvalue weighted by Crippen LogP contribution is -2.36. The van der Waals surface area contributed by atoms with E-state index >= 15 is 0 Å². The molecule has 0 unspecified atom stereocenters. The molecule has 0 atom stereocenters. The summed E-state index contributed by atoms with van der Waals surface area (Å²) in [6, 6.07) is 16.2. The predicted molar refractivity (Wildman–Crippen MR) is 115 cm³/mol. The summed E-state index contributed by atoms with van der Waals surface area (Å²) in [5.74, 6) is 3.04. The third-order valence-electron chi connectivity index (χ3n) is 5.09. The molecule has 5 rings (SSSR count). The van der Waals surface area contributed by atoms with Crippen LogP contribution in [0.1, 0.15) is 5.56 Å². The lowest BCUT2D eigenvalue weighted by molar-refractivity contribution is 0.122. The number of hydrogen-bond donors (Lipinski definition) is 2. The maximum atomic E-state index is 5.43. The topological polar surface area (TPSA) is 80.8 Å². The van der Waals surface area contributed by atoms with Gasteiger partial charge in [-0.2, -0.15) is 0 Å². The van der Waals surface area contributed by atoms with Crippen molar-refractivity contribution in [3.63, 3.8) is 0 Å². The van der Waals surface area contributed by atoms with E-state index in [1.165, 1.54) is 5.69 Å². The highest BCUT2D eigenvalue weighted by Gasteiger charge is 2.13. The first kappa shape index (κ1) is 18.5. The van der Waals surface area contributed by atoms with Crippen LogP contribution >= 0.6 is 0 Å². The first-order valence-electron chi connectivity index (χ1n) is 9.98. The van der Waals surface area contributed by atoms with Crippen molar-refractivity contribution >= 4 is 23.0 Å². The van der Waals surface area contributed by atoms with Crippen LogP contribution in [-0.4, -0.2) is 43.1 Å². The zero-order chi connectivity index (χ0) is 20.2. The molecule has 0 amide bonds. The molecule has 2 aliphatic heterocycles. The van der Waals surface area contributed by atoms with Gasteiger partial charge in [0.25, 0.3) is 0 Å². The average Bonchev–Trinajstić information content (AvgIpc) is 3.27. The molecule has 1 saturated heterocycles. The summed E-state index contributed by atoms with van der Waals surface area (Å²) < 4.78 is 16.2. The van der Waals surface area contributed by atoms with Gasteiger partial charge in [-0.1, -0.05) is 6.07 Å². The Balaban J connectivity index is 1.20. The van der Waals surface area contributed by atoms with Crippen LogP contribution in [0.25, 0.3) is 0 Å². The zero-order valence-electron chi connectivity index (χ0n) is 16.5. The van der Waals surface area contributed by atoms with E-state index in [4.69, 9.17) is 14.2 Å². The van der Waals surface area contributed by atoms with Crippen LogP contribution in [0.4, 0.5) is 23.0 Å². The van der Waals surface area contributed by atoms with E-state index < -0.39 is 0 Å². The van der Waals surface area contributed by atoms with Crippen molar-refractivity contribution < 1.29 is 14.2 Å². The van der Waals surface area contributed by atoms with Crippen LogP contribution < -0.4 is 25.0 Å². The van der Waals surface area contributed by atoms with Gasteiger partial charge in [0.15, 0.2) is 11.5 Å². The minimum Gasteiger partial charge on any atom is -0.454 e. The highest BCUT2D eigenvalue weighted by atomic mass is 16.7. The van der Waals surface area contributed by atoms with Crippen molar-refractivity contribution in [2.24, 2.45) is 0 Å². The highest BCUT2D eigenvalue weighted by Crippen LogP contribution is 2.32. The van der Waals surface area contributed by atoms with Crippen LogP contribution in [0.2, 0.25) is 0 Å². The maximum absolute atomic E-state index is 5.43. The lowest BCUT2D eigenvalue weighted by Gasteiger charge is -2.28. The van der Waals surface area contributed by atoms with E-state index in [1.807, 2.05) is 24.3 Å². The second-order valence-corrected chi connectivity index (χ2v) is 7.10. The number of hydrogen-bond acceptors (Lipinski definition) is 8. The molecule has 2 N–H and O–H groups in total. The number of rotatable bonds is 6. The minimum absolute atomic E-state index is 0.278. The first-order chi connectivity index (χ1) is 14.8. The zero-order valence-corrected chi connectivity index (χ0v) is 16.5. The second kappa shape index (κ2) is 8.46. The number of nitrogens with one attached hydrogen (secondary N) is 2. The molecule has 8 heteroatoms. The largest absolute Gasteiger partial charge is 0.454 e. The molecule has 30 heavy (non-hydrogen) atoms. The smallest absolute Gasteiger partial charge is 0.231 e. The maximum Gasteiger partial charge on any atom is 0.231 e. The van der Waals surface area contributed by atoms with Gasteiger partial charge in [-0.05, 0) is 42.0 Å². The monoisotopic (exact) mass is 405 g/mol.